The summed E-state index contributed by atoms with van der Waals surface area (Å²) in [4.78, 5) is 23.5. The molecule has 0 bridgehead atoms. The first-order valence-electron chi connectivity index (χ1n) is 11.8. The predicted molar refractivity (Wildman–Crippen MR) is 131 cm³/mol. The van der Waals surface area contributed by atoms with Gasteiger partial charge in [0.25, 0.3) is 15.9 Å². The minimum absolute atomic E-state index is 0.0438. The second-order valence-electron chi connectivity index (χ2n) is 8.93. The summed E-state index contributed by atoms with van der Waals surface area (Å²) in [5, 5.41) is 4.09. The predicted octanol–water partition coefficient (Wildman–Crippen LogP) is 1.62. The molecule has 10 nitrogen and oxygen atoms in total. The molecule has 35 heavy (non-hydrogen) atoms. The summed E-state index contributed by atoms with van der Waals surface area (Å²) in [6.45, 7) is 5.88. The molecule has 0 saturated carbocycles. The van der Waals surface area contributed by atoms with Gasteiger partial charge >= 0.3 is 0 Å². The molecule has 1 amide bonds. The lowest BCUT2D eigenvalue weighted by atomic mass is 10.1. The summed E-state index contributed by atoms with van der Waals surface area (Å²) in [5.74, 6) is 1.24. The molecule has 0 unspecified atom stereocenters. The summed E-state index contributed by atoms with van der Waals surface area (Å²) in [6.07, 6.45) is 6.75. The topological polar surface area (TPSA) is 112 Å². The fraction of sp³-hybridized carbons (Fsp3) is 0.417. The number of aromatic nitrogens is 2. The molecule has 1 aromatic carbocycles. The van der Waals surface area contributed by atoms with Crippen LogP contribution in [0.25, 0.3) is 11.4 Å². The van der Waals surface area contributed by atoms with Gasteiger partial charge in [0.15, 0.2) is 5.84 Å². The third kappa shape index (κ3) is 5.35. The largest absolute Gasteiger partial charge is 0.339 e. The number of nitrogens with zero attached hydrogens (tertiary/aromatic N) is 6. The molecule has 3 aliphatic rings. The number of carbonyl (C=O) groups is 1. The molecule has 0 aliphatic carbocycles. The summed E-state index contributed by atoms with van der Waals surface area (Å²) in [5.41, 5.74) is 2.46. The third-order valence-corrected chi connectivity index (χ3v) is 7.54. The number of hydrogen-bond acceptors (Lipinski definition) is 8. The lowest BCUT2D eigenvalue weighted by molar-refractivity contribution is -0.128. The number of piperazine rings is 1. The molecule has 5 rings (SSSR count). The number of fused-ring (bicyclic) bond motifs is 1. The van der Waals surface area contributed by atoms with Crippen molar-refractivity contribution in [3.63, 3.8) is 0 Å². The Balaban J connectivity index is 1.11. The highest BCUT2D eigenvalue weighted by molar-refractivity contribution is 7.90. The summed E-state index contributed by atoms with van der Waals surface area (Å²) >= 11 is 0. The number of carbonyl (C=O) groups excluding carboxylic acids is 1. The van der Waals surface area contributed by atoms with Gasteiger partial charge in [-0.05, 0) is 32.0 Å². The number of hydrogen-bond donors (Lipinski definition) is 0. The summed E-state index contributed by atoms with van der Waals surface area (Å²) in [7, 11) is -3.53. The first-order valence-corrected chi connectivity index (χ1v) is 13.4. The number of amidine groups is 1. The Hall–Kier alpha value is -3.31. The number of benzene rings is 1. The van der Waals surface area contributed by atoms with Crippen LogP contribution in [0.3, 0.4) is 0 Å². The Bertz CT molecular complexity index is 1290. The molecule has 0 radical (unpaired) electrons. The lowest BCUT2D eigenvalue weighted by Gasteiger charge is -2.36. The monoisotopic (exact) mass is 496 g/mol. The van der Waals surface area contributed by atoms with Gasteiger partial charge in [-0.1, -0.05) is 35.0 Å². The van der Waals surface area contributed by atoms with Gasteiger partial charge < -0.3 is 14.3 Å². The third-order valence-electron chi connectivity index (χ3n) is 6.39. The van der Waals surface area contributed by atoms with Gasteiger partial charge in [-0.15, -0.1) is 4.40 Å². The van der Waals surface area contributed by atoms with Gasteiger partial charge in [0.1, 0.15) is 0 Å². The lowest BCUT2D eigenvalue weighted by Crippen LogP contribution is -2.51. The van der Waals surface area contributed by atoms with E-state index >= 15 is 0 Å². The number of allylic oxidation sites excluding steroid dienone is 2. The van der Waals surface area contributed by atoms with Crippen molar-refractivity contribution in [2.45, 2.75) is 19.8 Å². The number of amides is 1. The maximum atomic E-state index is 13.1. The molecule has 0 atom stereocenters. The van der Waals surface area contributed by atoms with Crippen LogP contribution in [0.15, 0.2) is 57.1 Å². The SMILES string of the molecule is Cc1ccc(-c2noc(CCCN3CCN(C(=O)C4=CC=CN5CCS(=O)(=O)N=C45)CC3)n2)cc1. The summed E-state index contributed by atoms with van der Waals surface area (Å²) in [6, 6.07) is 8.03. The number of aryl methyl sites for hydroxylation is 2. The zero-order chi connectivity index (χ0) is 24.4. The van der Waals surface area contributed by atoms with Crippen LogP contribution in [0.1, 0.15) is 17.9 Å². The van der Waals surface area contributed by atoms with E-state index in [0.29, 0.717) is 43.3 Å². The van der Waals surface area contributed by atoms with E-state index in [1.54, 1.807) is 28.2 Å². The van der Waals surface area contributed by atoms with E-state index in [9.17, 15) is 13.2 Å². The van der Waals surface area contributed by atoms with Crippen LogP contribution in [0, 0.1) is 6.92 Å². The second-order valence-corrected chi connectivity index (χ2v) is 10.7. The van der Waals surface area contributed by atoms with Crippen LogP contribution in [-0.2, 0) is 21.2 Å². The van der Waals surface area contributed by atoms with E-state index < -0.39 is 10.0 Å². The van der Waals surface area contributed by atoms with Crippen molar-refractivity contribution in [1.29, 1.82) is 0 Å². The smallest absolute Gasteiger partial charge is 0.257 e. The molecule has 0 N–H and O–H groups in total. The van der Waals surface area contributed by atoms with Gasteiger partial charge in [0.05, 0.1) is 11.3 Å². The Morgan fingerprint density at radius 2 is 1.86 bits per heavy atom. The van der Waals surface area contributed by atoms with Crippen LogP contribution < -0.4 is 0 Å². The van der Waals surface area contributed by atoms with E-state index in [2.05, 4.69) is 19.4 Å². The molecule has 11 heteroatoms. The molecule has 1 saturated heterocycles. The van der Waals surface area contributed by atoms with Gasteiger partial charge in [-0.3, -0.25) is 9.69 Å². The van der Waals surface area contributed by atoms with Gasteiger partial charge in [-0.25, -0.2) is 8.42 Å². The fourth-order valence-corrected chi connectivity index (χ4v) is 5.34. The maximum absolute atomic E-state index is 13.1. The van der Waals surface area contributed by atoms with E-state index in [1.807, 2.05) is 31.2 Å². The van der Waals surface area contributed by atoms with Crippen LogP contribution in [-0.4, -0.2) is 90.0 Å². The van der Waals surface area contributed by atoms with Gasteiger partial charge in [-0.2, -0.15) is 4.98 Å². The van der Waals surface area contributed by atoms with Gasteiger partial charge in [0.2, 0.25) is 11.7 Å². The quantitative estimate of drug-likeness (QED) is 0.593. The van der Waals surface area contributed by atoms with Crippen molar-refractivity contribution in [1.82, 2.24) is 24.8 Å². The normalized spacial score (nSPS) is 19.8. The van der Waals surface area contributed by atoms with Crippen molar-refractivity contribution >= 4 is 21.8 Å². The highest BCUT2D eigenvalue weighted by Gasteiger charge is 2.33. The van der Waals surface area contributed by atoms with Crippen LogP contribution in [0.2, 0.25) is 0 Å². The van der Waals surface area contributed by atoms with E-state index in [4.69, 9.17) is 4.52 Å². The summed E-state index contributed by atoms with van der Waals surface area (Å²) < 4.78 is 33.2. The molecule has 4 heterocycles. The van der Waals surface area contributed by atoms with Gasteiger partial charge in [0, 0.05) is 50.9 Å². The minimum atomic E-state index is -3.53. The van der Waals surface area contributed by atoms with Crippen LogP contribution in [0.4, 0.5) is 0 Å². The molecule has 3 aliphatic heterocycles. The Morgan fingerprint density at radius 1 is 1.09 bits per heavy atom. The molecule has 184 valence electrons. The van der Waals surface area contributed by atoms with Crippen molar-refractivity contribution in [3.8, 4) is 11.4 Å². The average molecular weight is 497 g/mol. The van der Waals surface area contributed by atoms with E-state index in [0.717, 1.165) is 31.6 Å². The Kier molecular flexibility index (Phi) is 6.52. The zero-order valence-electron chi connectivity index (χ0n) is 19.6. The average Bonchev–Trinajstić information content (AvgIpc) is 3.32. The van der Waals surface area contributed by atoms with E-state index in [1.165, 1.54) is 5.56 Å². The fourth-order valence-electron chi connectivity index (χ4n) is 4.36. The minimum Gasteiger partial charge on any atom is -0.339 e. The Morgan fingerprint density at radius 3 is 2.63 bits per heavy atom. The first-order chi connectivity index (χ1) is 16.9. The van der Waals surface area contributed by atoms with Crippen molar-refractivity contribution in [3.05, 3.63) is 59.6 Å². The first kappa shape index (κ1) is 23.4. The van der Waals surface area contributed by atoms with Crippen molar-refractivity contribution < 1.29 is 17.7 Å². The second kappa shape index (κ2) is 9.74. The van der Waals surface area contributed by atoms with Crippen molar-refractivity contribution in [2.24, 2.45) is 4.40 Å². The Labute approximate surface area is 204 Å². The highest BCUT2D eigenvalue weighted by Crippen LogP contribution is 2.21. The maximum Gasteiger partial charge on any atom is 0.257 e. The van der Waals surface area contributed by atoms with Crippen LogP contribution in [0.5, 0.6) is 0 Å². The molecule has 2 aromatic rings. The number of rotatable bonds is 6. The molecule has 1 aromatic heterocycles. The molecule has 1 fully saturated rings. The highest BCUT2D eigenvalue weighted by atomic mass is 32.2. The number of sulfonamides is 1. The molecular formula is C24H28N6O4S. The molecule has 0 spiro atoms. The standard InChI is InChI=1S/C24H28N6O4S/c1-18-6-8-19(9-7-18)22-25-21(34-26-22)5-3-10-28-12-14-30(15-13-28)24(31)20-4-2-11-29-16-17-35(32,33)27-23(20)29/h2,4,6-9,11H,3,5,10,12-17H2,1H3. The van der Waals surface area contributed by atoms with E-state index in [-0.39, 0.29) is 17.5 Å². The molecular weight excluding hydrogens is 468 g/mol. The van der Waals surface area contributed by atoms with Crippen molar-refractivity contribution in [2.75, 3.05) is 45.0 Å². The van der Waals surface area contributed by atoms with Crippen LogP contribution >= 0.6 is 0 Å². The zero-order valence-corrected chi connectivity index (χ0v) is 20.4.